The number of thiophene rings is 1. The fourth-order valence-electron chi connectivity index (χ4n) is 2.74. The number of benzene rings is 1. The van der Waals surface area contributed by atoms with Crippen LogP contribution >= 0.6 is 22.9 Å². The van der Waals surface area contributed by atoms with Gasteiger partial charge in [-0.25, -0.2) is 8.42 Å². The molecule has 0 radical (unpaired) electrons. The number of hydrogen-bond donors (Lipinski definition) is 2. The van der Waals surface area contributed by atoms with Crippen LogP contribution in [-0.2, 0) is 19.6 Å². The Hall–Kier alpha value is -1.68. The monoisotopic (exact) mass is 402 g/mol. The molecule has 3 rings (SSSR count). The summed E-state index contributed by atoms with van der Waals surface area (Å²) in [5, 5.41) is 10.1. The van der Waals surface area contributed by atoms with Crippen LogP contribution in [0.1, 0.15) is 12.8 Å². The van der Waals surface area contributed by atoms with Crippen LogP contribution in [0.2, 0.25) is 5.02 Å². The maximum atomic E-state index is 12.6. The molecule has 2 heterocycles. The van der Waals surface area contributed by atoms with Gasteiger partial charge in [-0.2, -0.15) is 4.72 Å². The Bertz CT molecular complexity index is 941. The fraction of sp³-hybridized carbons (Fsp3) is 0.333. The maximum absolute atomic E-state index is 12.6. The number of likely N-dealkylation sites (tertiary alicyclic amines) is 1. The van der Waals surface area contributed by atoms with Crippen molar-refractivity contribution in [3.05, 3.63) is 29.3 Å². The predicted molar refractivity (Wildman–Crippen MR) is 94.4 cm³/mol. The standard InChI is InChI=1S/C15H15ClN2O5S2/c16-10-3-4-12-9(6-10)7-14(24-12)25(22,23)17-11-2-1-5-18(15(11)21)8-13(19)20/h3-4,6-7,11,17H,1-2,5,8H2,(H,19,20). The number of carbonyl (C=O) groups is 2. The number of nitrogens with zero attached hydrogens (tertiary/aromatic N) is 1. The van der Waals surface area contributed by atoms with Crippen molar-refractivity contribution in [2.75, 3.05) is 13.1 Å². The number of rotatable bonds is 5. The summed E-state index contributed by atoms with van der Waals surface area (Å²) in [4.78, 5) is 24.3. The van der Waals surface area contributed by atoms with Gasteiger partial charge in [0.15, 0.2) is 0 Å². The zero-order valence-electron chi connectivity index (χ0n) is 12.9. The molecule has 0 spiro atoms. The molecule has 1 atom stereocenters. The summed E-state index contributed by atoms with van der Waals surface area (Å²) in [6.07, 6.45) is 0.874. The number of carboxylic acid groups (broad SMARTS) is 1. The van der Waals surface area contributed by atoms with Crippen LogP contribution in [-0.4, -0.2) is 49.4 Å². The maximum Gasteiger partial charge on any atom is 0.323 e. The molecular weight excluding hydrogens is 388 g/mol. The van der Waals surface area contributed by atoms with E-state index in [-0.39, 0.29) is 4.21 Å². The molecule has 1 saturated heterocycles. The van der Waals surface area contributed by atoms with Gasteiger partial charge >= 0.3 is 5.97 Å². The second-order valence-corrected chi connectivity index (χ2v) is 9.18. The average Bonchev–Trinajstić information content (AvgIpc) is 2.94. The van der Waals surface area contributed by atoms with Crippen LogP contribution in [0.15, 0.2) is 28.5 Å². The Balaban J connectivity index is 1.82. The lowest BCUT2D eigenvalue weighted by Gasteiger charge is -2.31. The van der Waals surface area contributed by atoms with E-state index in [1.54, 1.807) is 18.2 Å². The highest BCUT2D eigenvalue weighted by molar-refractivity contribution is 7.91. The molecule has 1 aromatic carbocycles. The molecule has 2 N–H and O–H groups in total. The minimum absolute atomic E-state index is 0.0907. The largest absolute Gasteiger partial charge is 0.480 e. The van der Waals surface area contributed by atoms with Gasteiger partial charge in [0.05, 0.1) is 0 Å². The number of sulfonamides is 1. The van der Waals surface area contributed by atoms with Crippen molar-refractivity contribution in [1.29, 1.82) is 0 Å². The van der Waals surface area contributed by atoms with E-state index < -0.39 is 34.5 Å². The molecule has 1 amide bonds. The summed E-state index contributed by atoms with van der Waals surface area (Å²) in [6, 6.07) is 5.65. The smallest absolute Gasteiger partial charge is 0.323 e. The number of aliphatic carboxylic acids is 1. The molecule has 0 saturated carbocycles. The van der Waals surface area contributed by atoms with Gasteiger partial charge in [0.1, 0.15) is 16.8 Å². The van der Waals surface area contributed by atoms with Crippen LogP contribution in [0.25, 0.3) is 10.1 Å². The minimum atomic E-state index is -3.89. The van der Waals surface area contributed by atoms with E-state index in [1.165, 1.54) is 6.07 Å². The molecule has 1 aliphatic rings. The molecule has 1 aliphatic heterocycles. The number of nitrogens with one attached hydrogen (secondary N) is 1. The lowest BCUT2D eigenvalue weighted by molar-refractivity contribution is -0.146. The Labute approximate surface area is 153 Å². The number of amides is 1. The molecule has 1 unspecified atom stereocenters. The zero-order valence-corrected chi connectivity index (χ0v) is 15.3. The molecule has 134 valence electrons. The van der Waals surface area contributed by atoms with Crippen LogP contribution in [0.5, 0.6) is 0 Å². The highest BCUT2D eigenvalue weighted by Gasteiger charge is 2.33. The highest BCUT2D eigenvalue weighted by Crippen LogP contribution is 2.31. The van der Waals surface area contributed by atoms with Crippen molar-refractivity contribution in [3.63, 3.8) is 0 Å². The third-order valence-corrected chi connectivity index (χ3v) is 7.17. The van der Waals surface area contributed by atoms with Crippen LogP contribution in [0.4, 0.5) is 0 Å². The Morgan fingerprint density at radius 2 is 2.16 bits per heavy atom. The van der Waals surface area contributed by atoms with Crippen molar-refractivity contribution in [3.8, 4) is 0 Å². The number of carboxylic acids is 1. The van der Waals surface area contributed by atoms with Gasteiger partial charge in [-0.15, -0.1) is 11.3 Å². The van der Waals surface area contributed by atoms with Gasteiger partial charge in [0.2, 0.25) is 5.91 Å². The van der Waals surface area contributed by atoms with E-state index in [2.05, 4.69) is 4.72 Å². The number of piperidine rings is 1. The zero-order chi connectivity index (χ0) is 18.2. The van der Waals surface area contributed by atoms with E-state index in [4.69, 9.17) is 16.7 Å². The van der Waals surface area contributed by atoms with Crippen LogP contribution in [0, 0.1) is 0 Å². The normalized spacial score (nSPS) is 18.7. The number of fused-ring (bicyclic) bond motifs is 1. The van der Waals surface area contributed by atoms with Crippen molar-refractivity contribution >= 4 is 54.9 Å². The second kappa shape index (κ2) is 6.91. The molecule has 2 aromatic rings. The van der Waals surface area contributed by atoms with Gasteiger partial charge in [-0.1, -0.05) is 11.6 Å². The highest BCUT2D eigenvalue weighted by atomic mass is 35.5. The van der Waals surface area contributed by atoms with Crippen LogP contribution < -0.4 is 4.72 Å². The van der Waals surface area contributed by atoms with Crippen molar-refractivity contribution in [1.82, 2.24) is 9.62 Å². The Morgan fingerprint density at radius 1 is 1.40 bits per heavy atom. The lowest BCUT2D eigenvalue weighted by Crippen LogP contribution is -2.53. The molecule has 1 aromatic heterocycles. The summed E-state index contributed by atoms with van der Waals surface area (Å²) in [5.41, 5.74) is 0. The predicted octanol–water partition coefficient (Wildman–Crippen LogP) is 1.91. The van der Waals surface area contributed by atoms with E-state index in [1.807, 2.05) is 0 Å². The van der Waals surface area contributed by atoms with E-state index in [0.717, 1.165) is 20.9 Å². The first-order valence-electron chi connectivity index (χ1n) is 7.48. The van der Waals surface area contributed by atoms with E-state index in [0.29, 0.717) is 29.8 Å². The number of hydrogen-bond acceptors (Lipinski definition) is 5. The SMILES string of the molecule is O=C(O)CN1CCCC(NS(=O)(=O)c2cc3cc(Cl)ccc3s2)C1=O. The summed E-state index contributed by atoms with van der Waals surface area (Å²) in [5.74, 6) is -1.64. The van der Waals surface area contributed by atoms with Crippen LogP contribution in [0.3, 0.4) is 0 Å². The van der Waals surface area contributed by atoms with Gasteiger partial charge in [-0.05, 0) is 42.5 Å². The molecule has 1 fully saturated rings. The molecule has 25 heavy (non-hydrogen) atoms. The molecule has 0 bridgehead atoms. The van der Waals surface area contributed by atoms with E-state index in [9.17, 15) is 18.0 Å². The van der Waals surface area contributed by atoms with Crippen molar-refractivity contribution < 1.29 is 23.1 Å². The van der Waals surface area contributed by atoms with Gasteiger partial charge in [0, 0.05) is 16.3 Å². The quantitative estimate of drug-likeness (QED) is 0.795. The topological polar surface area (TPSA) is 104 Å². The van der Waals surface area contributed by atoms with Gasteiger partial charge in [-0.3, -0.25) is 9.59 Å². The molecule has 0 aliphatic carbocycles. The summed E-state index contributed by atoms with van der Waals surface area (Å²) in [6.45, 7) is -0.122. The van der Waals surface area contributed by atoms with Gasteiger partial charge in [0.25, 0.3) is 10.0 Å². The second-order valence-electron chi connectivity index (χ2n) is 5.72. The third-order valence-electron chi connectivity index (χ3n) is 3.87. The first-order chi connectivity index (χ1) is 11.8. The Kier molecular flexibility index (Phi) is 5.01. The lowest BCUT2D eigenvalue weighted by atomic mass is 10.1. The Morgan fingerprint density at radius 3 is 2.88 bits per heavy atom. The van der Waals surface area contributed by atoms with Crippen molar-refractivity contribution in [2.24, 2.45) is 0 Å². The third kappa shape index (κ3) is 3.95. The first kappa shape index (κ1) is 18.1. The fourth-order valence-corrected chi connectivity index (χ4v) is 5.54. The van der Waals surface area contributed by atoms with E-state index >= 15 is 0 Å². The minimum Gasteiger partial charge on any atom is -0.480 e. The molecular formula is C15H15ClN2O5S2. The number of carbonyl (C=O) groups excluding carboxylic acids is 1. The van der Waals surface area contributed by atoms with Crippen molar-refractivity contribution in [2.45, 2.75) is 23.1 Å². The number of halogens is 1. The molecule has 10 heteroatoms. The summed E-state index contributed by atoms with van der Waals surface area (Å²) in [7, 11) is -3.89. The average molecular weight is 403 g/mol. The van der Waals surface area contributed by atoms with Gasteiger partial charge < -0.3 is 10.0 Å². The summed E-state index contributed by atoms with van der Waals surface area (Å²) >= 11 is 7.00. The molecule has 7 nitrogen and oxygen atoms in total. The first-order valence-corrected chi connectivity index (χ1v) is 10.2. The summed E-state index contributed by atoms with van der Waals surface area (Å²) < 4.78 is 28.5.